The molecule has 0 spiro atoms. The predicted octanol–water partition coefficient (Wildman–Crippen LogP) is 6.02. The monoisotopic (exact) mass is 564 g/mol. The highest BCUT2D eigenvalue weighted by Gasteiger charge is 2.34. The van der Waals surface area contributed by atoms with Crippen LogP contribution in [0.3, 0.4) is 0 Å². The maximum absolute atomic E-state index is 14.2. The summed E-state index contributed by atoms with van der Waals surface area (Å²) in [4.78, 5) is 27.5. The summed E-state index contributed by atoms with van der Waals surface area (Å²) in [6.07, 6.45) is -5.60. The molecule has 2 aromatic carbocycles. The number of anilines is 1. The highest BCUT2D eigenvalue weighted by atomic mass is 79.9. The Balaban J connectivity index is 1.90. The van der Waals surface area contributed by atoms with E-state index in [1.54, 1.807) is 20.8 Å². The van der Waals surface area contributed by atoms with E-state index in [0.29, 0.717) is 16.1 Å². The van der Waals surface area contributed by atoms with E-state index >= 15 is 0 Å². The van der Waals surface area contributed by atoms with Crippen molar-refractivity contribution in [3.8, 4) is 5.75 Å². The number of halogens is 5. The van der Waals surface area contributed by atoms with Gasteiger partial charge in [-0.05, 0) is 66.5 Å². The molecule has 0 aliphatic carbocycles. The lowest BCUT2D eigenvalue weighted by Gasteiger charge is -2.27. The Morgan fingerprint density at radius 1 is 1.21 bits per heavy atom. The molecule has 1 heterocycles. The van der Waals surface area contributed by atoms with Gasteiger partial charge in [0, 0.05) is 10.6 Å². The molecule has 3 rings (SSSR count). The molecule has 2 aromatic rings. The molecule has 1 atom stereocenters. The summed E-state index contributed by atoms with van der Waals surface area (Å²) in [5, 5.41) is 2.56. The highest BCUT2D eigenvalue weighted by molar-refractivity contribution is 9.10. The Bertz CT molecular complexity index is 1070. The van der Waals surface area contributed by atoms with Crippen LogP contribution in [0.4, 0.5) is 28.0 Å². The number of alkyl carbamates (subject to hydrolysis) is 1. The van der Waals surface area contributed by atoms with Gasteiger partial charge in [-0.2, -0.15) is 0 Å². The van der Waals surface area contributed by atoms with Crippen molar-refractivity contribution in [3.63, 3.8) is 0 Å². The lowest BCUT2D eigenvalue weighted by molar-refractivity contribution is -0.274. The number of ether oxygens (including phenoxy) is 2. The van der Waals surface area contributed by atoms with E-state index < -0.39 is 41.6 Å². The molecule has 0 fully saturated rings. The van der Waals surface area contributed by atoms with Crippen LogP contribution in [-0.2, 0) is 16.1 Å². The zero-order valence-electron chi connectivity index (χ0n) is 18.3. The fourth-order valence-corrected chi connectivity index (χ4v) is 4.50. The SMILES string of the molecule is CC(C)(C)OC(=O)N[C@H]1CSc2cc(F)c(Br)cc2N(Cc2ccc(OC(F)(F)F)cc2)C1=O. The van der Waals surface area contributed by atoms with Crippen molar-refractivity contribution in [1.82, 2.24) is 5.32 Å². The van der Waals surface area contributed by atoms with Crippen molar-refractivity contribution in [2.24, 2.45) is 0 Å². The number of nitrogens with one attached hydrogen (secondary N) is 1. The number of hydrogen-bond acceptors (Lipinski definition) is 5. The zero-order valence-corrected chi connectivity index (χ0v) is 20.7. The molecule has 0 radical (unpaired) electrons. The molecule has 1 N–H and O–H groups in total. The third-order valence-electron chi connectivity index (χ3n) is 4.45. The minimum atomic E-state index is -4.82. The maximum Gasteiger partial charge on any atom is 0.573 e. The zero-order chi connectivity index (χ0) is 25.3. The molecule has 12 heteroatoms. The summed E-state index contributed by atoms with van der Waals surface area (Å²) in [6.45, 7) is 5.02. The van der Waals surface area contributed by atoms with Gasteiger partial charge in [0.05, 0.1) is 16.7 Å². The quantitative estimate of drug-likeness (QED) is 0.460. The number of carbonyl (C=O) groups excluding carboxylic acids is 2. The normalized spacial score (nSPS) is 16.5. The van der Waals surface area contributed by atoms with Crippen LogP contribution in [0.2, 0.25) is 0 Å². The van der Waals surface area contributed by atoms with Crippen molar-refractivity contribution < 1.29 is 36.6 Å². The van der Waals surface area contributed by atoms with Crippen LogP contribution in [0.25, 0.3) is 0 Å². The van der Waals surface area contributed by atoms with Crippen LogP contribution in [0, 0.1) is 5.82 Å². The number of benzene rings is 2. The van der Waals surface area contributed by atoms with Gasteiger partial charge in [-0.3, -0.25) is 4.79 Å². The summed E-state index contributed by atoms with van der Waals surface area (Å²) in [5.41, 5.74) is 0.117. The van der Waals surface area contributed by atoms with Crippen LogP contribution in [0.5, 0.6) is 5.75 Å². The second kappa shape index (κ2) is 10.0. The first-order valence-corrected chi connectivity index (χ1v) is 11.8. The summed E-state index contributed by atoms with van der Waals surface area (Å²) in [5.74, 6) is -1.28. The van der Waals surface area contributed by atoms with Gasteiger partial charge in [-0.15, -0.1) is 24.9 Å². The number of rotatable bonds is 4. The Morgan fingerprint density at radius 2 is 1.85 bits per heavy atom. The fraction of sp³-hybridized carbons (Fsp3) is 0.364. The van der Waals surface area contributed by atoms with Gasteiger partial charge >= 0.3 is 12.5 Å². The van der Waals surface area contributed by atoms with Crippen molar-refractivity contribution in [3.05, 3.63) is 52.3 Å². The molecule has 0 saturated heterocycles. The molecule has 34 heavy (non-hydrogen) atoms. The van der Waals surface area contributed by atoms with Crippen molar-refractivity contribution in [1.29, 1.82) is 0 Å². The van der Waals surface area contributed by atoms with Gasteiger partial charge in [0.15, 0.2) is 0 Å². The maximum atomic E-state index is 14.2. The molecule has 0 bridgehead atoms. The Labute approximate surface area is 206 Å². The van der Waals surface area contributed by atoms with Crippen molar-refractivity contribution >= 4 is 45.4 Å². The summed E-state index contributed by atoms with van der Waals surface area (Å²) in [7, 11) is 0. The topological polar surface area (TPSA) is 67.9 Å². The Morgan fingerprint density at radius 3 is 2.44 bits per heavy atom. The van der Waals surface area contributed by atoms with Gasteiger partial charge in [0.1, 0.15) is 23.2 Å². The number of alkyl halides is 3. The summed E-state index contributed by atoms with van der Waals surface area (Å²) >= 11 is 4.31. The van der Waals surface area contributed by atoms with Crippen LogP contribution in [0.1, 0.15) is 26.3 Å². The van der Waals surface area contributed by atoms with Crippen molar-refractivity contribution in [2.75, 3.05) is 10.7 Å². The second-order valence-electron chi connectivity index (χ2n) is 8.36. The van der Waals surface area contributed by atoms with E-state index in [9.17, 15) is 27.2 Å². The van der Waals surface area contributed by atoms with Gasteiger partial charge in [-0.25, -0.2) is 9.18 Å². The molecule has 1 aliphatic rings. The summed E-state index contributed by atoms with van der Waals surface area (Å²) < 4.78 is 60.8. The largest absolute Gasteiger partial charge is 0.573 e. The molecule has 0 saturated carbocycles. The first kappa shape index (κ1) is 26.1. The number of thioether (sulfide) groups is 1. The minimum Gasteiger partial charge on any atom is -0.444 e. The molecular weight excluding hydrogens is 544 g/mol. The van der Waals surface area contributed by atoms with Gasteiger partial charge in [-0.1, -0.05) is 12.1 Å². The molecule has 0 aromatic heterocycles. The lowest BCUT2D eigenvalue weighted by Crippen LogP contribution is -2.50. The molecule has 6 nitrogen and oxygen atoms in total. The van der Waals surface area contributed by atoms with Crippen LogP contribution in [-0.4, -0.2) is 35.8 Å². The minimum absolute atomic E-state index is 0.0384. The number of carbonyl (C=O) groups is 2. The second-order valence-corrected chi connectivity index (χ2v) is 10.3. The first-order valence-electron chi connectivity index (χ1n) is 9.99. The molecule has 184 valence electrons. The van der Waals surface area contributed by atoms with Crippen LogP contribution in [0.15, 0.2) is 45.8 Å². The van der Waals surface area contributed by atoms with Crippen molar-refractivity contribution in [2.45, 2.75) is 50.2 Å². The van der Waals surface area contributed by atoms with E-state index in [-0.39, 0.29) is 16.8 Å². The number of nitrogens with zero attached hydrogens (tertiary/aromatic N) is 1. The predicted molar refractivity (Wildman–Crippen MR) is 122 cm³/mol. The smallest absolute Gasteiger partial charge is 0.444 e. The van der Waals surface area contributed by atoms with E-state index in [0.717, 1.165) is 12.1 Å². The summed E-state index contributed by atoms with van der Waals surface area (Å²) in [6, 6.07) is 6.80. The third kappa shape index (κ3) is 7.02. The lowest BCUT2D eigenvalue weighted by atomic mass is 10.1. The number of fused-ring (bicyclic) bond motifs is 1. The molecule has 2 amide bonds. The van der Waals surface area contributed by atoms with E-state index in [1.807, 2.05) is 0 Å². The number of hydrogen-bond donors (Lipinski definition) is 1. The van der Waals surface area contributed by atoms with Crippen LogP contribution >= 0.6 is 27.7 Å². The number of amides is 2. The third-order valence-corrected chi connectivity index (χ3v) is 6.20. The van der Waals surface area contributed by atoms with E-state index in [1.165, 1.54) is 40.9 Å². The Hall–Kier alpha value is -2.47. The van der Waals surface area contributed by atoms with Gasteiger partial charge < -0.3 is 19.7 Å². The van der Waals surface area contributed by atoms with E-state index in [4.69, 9.17) is 4.74 Å². The average Bonchev–Trinajstić information content (AvgIpc) is 2.80. The Kier molecular flexibility index (Phi) is 7.71. The average molecular weight is 565 g/mol. The van der Waals surface area contributed by atoms with Crippen LogP contribution < -0.4 is 15.0 Å². The van der Waals surface area contributed by atoms with Gasteiger partial charge in [0.25, 0.3) is 5.91 Å². The molecular formula is C22H21BrF4N2O4S. The highest BCUT2D eigenvalue weighted by Crippen LogP contribution is 2.38. The fourth-order valence-electron chi connectivity index (χ4n) is 3.09. The standard InChI is InChI=1S/C22H21BrF4N2O4S/c1-21(2,3)33-20(31)28-16-11-34-18-9-15(24)14(23)8-17(18)29(19(16)30)10-12-4-6-13(7-5-12)32-22(25,26)27/h4-9,16H,10-11H2,1-3H3,(H,28,31)/t16-/m0/s1. The molecule has 0 unspecified atom stereocenters. The molecule has 1 aliphatic heterocycles. The van der Waals surface area contributed by atoms with E-state index in [2.05, 4.69) is 26.0 Å². The first-order chi connectivity index (χ1) is 15.7. The van der Waals surface area contributed by atoms with Gasteiger partial charge in [0.2, 0.25) is 0 Å².